The zero-order chi connectivity index (χ0) is 21.4. The van der Waals surface area contributed by atoms with E-state index in [0.29, 0.717) is 30.9 Å². The monoisotopic (exact) mass is 428 g/mol. The lowest BCUT2D eigenvalue weighted by molar-refractivity contribution is -0.119. The molecule has 2 aromatic carbocycles. The highest BCUT2D eigenvalue weighted by Gasteiger charge is 2.27. The van der Waals surface area contributed by atoms with Crippen LogP contribution < -0.4 is 14.4 Å². The van der Waals surface area contributed by atoms with Gasteiger partial charge in [-0.3, -0.25) is 9.10 Å². The van der Waals surface area contributed by atoms with Crippen LogP contribution in [-0.4, -0.2) is 44.1 Å². The van der Waals surface area contributed by atoms with Crippen molar-refractivity contribution in [1.82, 2.24) is 14.9 Å². The Labute approximate surface area is 176 Å². The molecule has 158 valence electrons. The molecule has 0 saturated heterocycles. The Hall–Kier alpha value is -3.33. The standard InChI is InChI=1S/C21H24N4O4S/c1-29-19-8-10-20(11-9-19)30(27,28)25(18-6-3-2-4-7-18)16-21(26)23-12-5-14-24-15-13-22-17-24/h2-4,6-11,13,15,17H,5,12,14,16H2,1H3,(H,23,26). The van der Waals surface area contributed by atoms with Crippen molar-refractivity contribution in [2.45, 2.75) is 17.9 Å². The number of methoxy groups -OCH3 is 1. The first kappa shape index (κ1) is 21.4. The fourth-order valence-electron chi connectivity index (χ4n) is 2.88. The minimum Gasteiger partial charge on any atom is -0.497 e. The molecule has 1 heterocycles. The van der Waals surface area contributed by atoms with Crippen molar-refractivity contribution in [1.29, 1.82) is 0 Å². The number of rotatable bonds is 10. The van der Waals surface area contributed by atoms with Gasteiger partial charge in [-0.1, -0.05) is 18.2 Å². The number of imidazole rings is 1. The molecule has 3 aromatic rings. The number of benzene rings is 2. The second kappa shape index (κ2) is 9.93. The Morgan fingerprint density at radius 2 is 1.87 bits per heavy atom. The van der Waals surface area contributed by atoms with Gasteiger partial charge >= 0.3 is 0 Å². The van der Waals surface area contributed by atoms with Crippen LogP contribution >= 0.6 is 0 Å². The minimum atomic E-state index is -3.94. The average molecular weight is 429 g/mol. The molecule has 0 spiro atoms. The van der Waals surface area contributed by atoms with Crippen LogP contribution in [0, 0.1) is 0 Å². The number of carbonyl (C=O) groups is 1. The number of carbonyl (C=O) groups excluding carboxylic acids is 1. The summed E-state index contributed by atoms with van der Waals surface area (Å²) in [5, 5.41) is 2.79. The first-order chi connectivity index (χ1) is 14.5. The molecule has 0 aliphatic carbocycles. The molecule has 0 saturated carbocycles. The zero-order valence-corrected chi connectivity index (χ0v) is 17.5. The van der Waals surface area contributed by atoms with Gasteiger partial charge in [-0.25, -0.2) is 13.4 Å². The van der Waals surface area contributed by atoms with Gasteiger partial charge in [0.2, 0.25) is 5.91 Å². The Bertz CT molecular complexity index is 1040. The van der Waals surface area contributed by atoms with Crippen molar-refractivity contribution >= 4 is 21.6 Å². The van der Waals surface area contributed by atoms with Gasteiger partial charge in [-0.15, -0.1) is 0 Å². The molecule has 3 rings (SSSR count). The van der Waals surface area contributed by atoms with Crippen LogP contribution in [0.3, 0.4) is 0 Å². The summed E-state index contributed by atoms with van der Waals surface area (Å²) in [6.07, 6.45) is 5.96. The number of anilines is 1. The molecule has 30 heavy (non-hydrogen) atoms. The number of nitrogens with one attached hydrogen (secondary N) is 1. The van der Waals surface area contributed by atoms with Crippen molar-refractivity contribution in [2.75, 3.05) is 24.5 Å². The van der Waals surface area contributed by atoms with Gasteiger partial charge in [0.05, 0.1) is 24.0 Å². The number of aromatic nitrogens is 2. The average Bonchev–Trinajstić information content (AvgIpc) is 3.29. The molecule has 1 N–H and O–H groups in total. The predicted octanol–water partition coefficient (Wildman–Crippen LogP) is 2.29. The summed E-state index contributed by atoms with van der Waals surface area (Å²) >= 11 is 0. The van der Waals surface area contributed by atoms with Gasteiger partial charge < -0.3 is 14.6 Å². The molecule has 0 radical (unpaired) electrons. The van der Waals surface area contributed by atoms with Crippen molar-refractivity contribution in [3.63, 3.8) is 0 Å². The van der Waals surface area contributed by atoms with Crippen LogP contribution in [0.2, 0.25) is 0 Å². The number of amides is 1. The third-order valence-corrected chi connectivity index (χ3v) is 6.24. The van der Waals surface area contributed by atoms with Crippen LogP contribution in [0.5, 0.6) is 5.75 Å². The maximum Gasteiger partial charge on any atom is 0.264 e. The molecule has 1 amide bonds. The number of sulfonamides is 1. The van der Waals surface area contributed by atoms with Crippen molar-refractivity contribution in [3.8, 4) is 5.75 Å². The summed E-state index contributed by atoms with van der Waals surface area (Å²) < 4.78 is 34.6. The maximum absolute atomic E-state index is 13.2. The number of hydrogen-bond donors (Lipinski definition) is 1. The van der Waals surface area contributed by atoms with Crippen LogP contribution in [-0.2, 0) is 21.4 Å². The number of ether oxygens (including phenoxy) is 1. The number of hydrogen-bond acceptors (Lipinski definition) is 5. The smallest absolute Gasteiger partial charge is 0.264 e. The van der Waals surface area contributed by atoms with Gasteiger partial charge in [0, 0.05) is 25.5 Å². The Morgan fingerprint density at radius 3 is 2.50 bits per heavy atom. The van der Waals surface area contributed by atoms with E-state index in [9.17, 15) is 13.2 Å². The van der Waals surface area contributed by atoms with E-state index in [0.717, 1.165) is 4.31 Å². The second-order valence-electron chi connectivity index (χ2n) is 6.53. The zero-order valence-electron chi connectivity index (χ0n) is 16.6. The van der Waals surface area contributed by atoms with Crippen LogP contribution in [0.1, 0.15) is 6.42 Å². The van der Waals surface area contributed by atoms with Gasteiger partial charge in [0.1, 0.15) is 12.3 Å². The molecular formula is C21H24N4O4S. The maximum atomic E-state index is 13.2. The predicted molar refractivity (Wildman–Crippen MR) is 114 cm³/mol. The van der Waals surface area contributed by atoms with E-state index in [4.69, 9.17) is 4.74 Å². The van der Waals surface area contributed by atoms with E-state index in [2.05, 4.69) is 10.3 Å². The summed E-state index contributed by atoms with van der Waals surface area (Å²) in [4.78, 5) is 16.6. The van der Waals surface area contributed by atoms with Crippen LogP contribution in [0.4, 0.5) is 5.69 Å². The minimum absolute atomic E-state index is 0.0834. The summed E-state index contributed by atoms with van der Waals surface area (Å²) in [7, 11) is -2.42. The second-order valence-corrected chi connectivity index (χ2v) is 8.39. The molecule has 8 nitrogen and oxygen atoms in total. The quantitative estimate of drug-likeness (QED) is 0.500. The molecule has 0 atom stereocenters. The van der Waals surface area contributed by atoms with E-state index in [1.165, 1.54) is 19.2 Å². The lowest BCUT2D eigenvalue weighted by Crippen LogP contribution is -2.41. The molecular weight excluding hydrogens is 404 g/mol. The molecule has 0 unspecified atom stereocenters. The lowest BCUT2D eigenvalue weighted by atomic mass is 10.3. The Balaban J connectivity index is 1.71. The molecule has 1 aromatic heterocycles. The van der Waals surface area contributed by atoms with Crippen LogP contribution in [0.15, 0.2) is 78.2 Å². The largest absolute Gasteiger partial charge is 0.497 e. The fraction of sp³-hybridized carbons (Fsp3) is 0.238. The van der Waals surface area contributed by atoms with E-state index in [-0.39, 0.29) is 17.3 Å². The number of aryl methyl sites for hydroxylation is 1. The molecule has 0 aliphatic heterocycles. The summed E-state index contributed by atoms with van der Waals surface area (Å²) in [5.74, 6) is 0.178. The van der Waals surface area contributed by atoms with Gasteiger partial charge in [0.25, 0.3) is 10.0 Å². The third-order valence-electron chi connectivity index (χ3n) is 4.45. The van der Waals surface area contributed by atoms with Crippen molar-refractivity contribution in [2.24, 2.45) is 0 Å². The molecule has 9 heteroatoms. The summed E-state index contributed by atoms with van der Waals surface area (Å²) in [6.45, 7) is 0.832. The van der Waals surface area contributed by atoms with E-state index in [1.54, 1.807) is 55.0 Å². The van der Waals surface area contributed by atoms with Crippen LogP contribution in [0.25, 0.3) is 0 Å². The first-order valence-corrected chi connectivity index (χ1v) is 10.9. The lowest BCUT2D eigenvalue weighted by Gasteiger charge is -2.24. The van der Waals surface area contributed by atoms with Gasteiger partial charge in [0.15, 0.2) is 0 Å². The highest BCUT2D eigenvalue weighted by Crippen LogP contribution is 2.24. The van der Waals surface area contributed by atoms with E-state index < -0.39 is 10.0 Å². The van der Waals surface area contributed by atoms with Crippen molar-refractivity contribution in [3.05, 3.63) is 73.3 Å². The van der Waals surface area contributed by atoms with E-state index in [1.807, 2.05) is 10.8 Å². The SMILES string of the molecule is COc1ccc(S(=O)(=O)N(CC(=O)NCCCn2ccnc2)c2ccccc2)cc1. The van der Waals surface area contributed by atoms with Crippen molar-refractivity contribution < 1.29 is 17.9 Å². The molecule has 0 fully saturated rings. The highest BCUT2D eigenvalue weighted by molar-refractivity contribution is 7.92. The van der Waals surface area contributed by atoms with E-state index >= 15 is 0 Å². The highest BCUT2D eigenvalue weighted by atomic mass is 32.2. The summed E-state index contributed by atoms with van der Waals surface area (Å²) in [5.41, 5.74) is 0.418. The van der Waals surface area contributed by atoms with Gasteiger partial charge in [-0.05, 0) is 42.8 Å². The summed E-state index contributed by atoms with van der Waals surface area (Å²) in [6, 6.07) is 14.7. The Morgan fingerprint density at radius 1 is 1.13 bits per heavy atom. The molecule has 0 aliphatic rings. The molecule has 0 bridgehead atoms. The first-order valence-electron chi connectivity index (χ1n) is 9.45. The fourth-order valence-corrected chi connectivity index (χ4v) is 4.30. The van der Waals surface area contributed by atoms with Gasteiger partial charge in [-0.2, -0.15) is 0 Å². The normalized spacial score (nSPS) is 11.1. The Kier molecular flexibility index (Phi) is 7.08. The topological polar surface area (TPSA) is 93.5 Å². The third kappa shape index (κ3) is 5.38. The number of nitrogens with zero attached hydrogens (tertiary/aromatic N) is 3. The number of para-hydroxylation sites is 1.